The molecule has 0 aliphatic carbocycles. The summed E-state index contributed by atoms with van der Waals surface area (Å²) >= 11 is 0. The summed E-state index contributed by atoms with van der Waals surface area (Å²) in [6.45, 7) is 0. The third kappa shape index (κ3) is 4.42. The number of pyridine rings is 1. The number of hydrogen-bond donors (Lipinski definition) is 0. The molecular weight excluding hydrogens is 597 g/mol. The van der Waals surface area contributed by atoms with Crippen molar-refractivity contribution in [2.75, 3.05) is 0 Å². The van der Waals surface area contributed by atoms with E-state index in [1.165, 1.54) is 37.9 Å². The first-order valence-corrected chi connectivity index (χ1v) is 16.5. The molecule has 0 atom stereocenters. The molecule has 0 aliphatic rings. The van der Waals surface area contributed by atoms with Gasteiger partial charge in [-0.2, -0.15) is 0 Å². The topological polar surface area (TPSA) is 43.6 Å². The second-order valence-electron chi connectivity index (χ2n) is 12.5. The molecule has 49 heavy (non-hydrogen) atoms. The Morgan fingerprint density at radius 2 is 0.898 bits per heavy atom. The Morgan fingerprint density at radius 3 is 1.55 bits per heavy atom. The van der Waals surface area contributed by atoms with Crippen LogP contribution >= 0.6 is 0 Å². The highest BCUT2D eigenvalue weighted by Crippen LogP contribution is 2.42. The van der Waals surface area contributed by atoms with Crippen LogP contribution in [0.3, 0.4) is 0 Å². The van der Waals surface area contributed by atoms with E-state index in [9.17, 15) is 0 Å². The predicted molar refractivity (Wildman–Crippen MR) is 202 cm³/mol. The Bertz CT molecular complexity index is 2740. The third-order valence-corrected chi connectivity index (χ3v) is 9.70. The molecule has 2 heterocycles. The molecule has 0 saturated carbocycles. The number of hydrogen-bond acceptors (Lipinski definition) is 3. The highest BCUT2D eigenvalue weighted by atomic mass is 15.3. The molecule has 4 heteroatoms. The van der Waals surface area contributed by atoms with Gasteiger partial charge in [0.2, 0.25) is 0 Å². The van der Waals surface area contributed by atoms with Gasteiger partial charge in [0.1, 0.15) is 0 Å². The quantitative estimate of drug-likeness (QED) is 0.179. The Kier molecular flexibility index (Phi) is 6.15. The van der Waals surface area contributed by atoms with Crippen LogP contribution < -0.4 is 0 Å². The first kappa shape index (κ1) is 27.5. The van der Waals surface area contributed by atoms with E-state index in [0.29, 0.717) is 0 Å². The first-order valence-electron chi connectivity index (χ1n) is 16.5. The lowest BCUT2D eigenvalue weighted by molar-refractivity contribution is 1.07. The minimum absolute atomic E-state index is 0.812. The van der Waals surface area contributed by atoms with E-state index in [-0.39, 0.29) is 0 Å². The van der Waals surface area contributed by atoms with Gasteiger partial charge in [0, 0.05) is 27.8 Å². The maximum atomic E-state index is 5.06. The van der Waals surface area contributed by atoms with Gasteiger partial charge in [-0.05, 0) is 67.7 Å². The van der Waals surface area contributed by atoms with Gasteiger partial charge in [0.15, 0.2) is 11.6 Å². The van der Waals surface area contributed by atoms with Gasteiger partial charge in [0.05, 0.1) is 11.2 Å². The van der Waals surface area contributed by atoms with Crippen LogP contribution in [0, 0.1) is 0 Å². The molecule has 0 unspecified atom stereocenters. The standard InChI is InChI=1S/C45H28N4/c1-3-10-33(11-4-1)44-47-48-45(34-12-5-2-6-13-34)49(44)35-22-15-29(16-23-35)36-24-17-31-20-27-39-37(25-18-32-19-26-38(36)42(31)43(32)39)41-28-21-30-9-7-8-14-40(30)46-41/h1-28H. The largest absolute Gasteiger partial charge is 0.275 e. The van der Waals surface area contributed by atoms with Crippen LogP contribution in [0.4, 0.5) is 0 Å². The normalized spacial score (nSPS) is 11.7. The van der Waals surface area contributed by atoms with Gasteiger partial charge in [-0.15, -0.1) is 10.2 Å². The number of benzene rings is 8. The fraction of sp³-hybridized carbons (Fsp3) is 0. The Labute approximate surface area is 282 Å². The lowest BCUT2D eigenvalue weighted by Gasteiger charge is -2.17. The molecule has 10 rings (SSSR count). The van der Waals surface area contributed by atoms with Crippen LogP contribution in [0.5, 0.6) is 0 Å². The first-order chi connectivity index (χ1) is 24.3. The maximum absolute atomic E-state index is 5.06. The minimum Gasteiger partial charge on any atom is -0.275 e. The highest BCUT2D eigenvalue weighted by molar-refractivity contribution is 6.27. The third-order valence-electron chi connectivity index (χ3n) is 9.70. The van der Waals surface area contributed by atoms with Crippen molar-refractivity contribution in [2.45, 2.75) is 0 Å². The fourth-order valence-corrected chi connectivity index (χ4v) is 7.36. The second kappa shape index (κ2) is 11.0. The van der Waals surface area contributed by atoms with Crippen molar-refractivity contribution >= 4 is 43.2 Å². The van der Waals surface area contributed by atoms with Gasteiger partial charge in [-0.25, -0.2) is 4.98 Å². The second-order valence-corrected chi connectivity index (χ2v) is 12.5. The van der Waals surface area contributed by atoms with Crippen LogP contribution in [0.2, 0.25) is 0 Å². The van der Waals surface area contributed by atoms with E-state index in [0.717, 1.165) is 56.2 Å². The van der Waals surface area contributed by atoms with E-state index in [4.69, 9.17) is 4.98 Å². The van der Waals surface area contributed by atoms with Crippen molar-refractivity contribution in [1.29, 1.82) is 0 Å². The van der Waals surface area contributed by atoms with E-state index in [1.807, 2.05) is 42.5 Å². The highest BCUT2D eigenvalue weighted by Gasteiger charge is 2.19. The van der Waals surface area contributed by atoms with Crippen molar-refractivity contribution in [3.8, 4) is 50.8 Å². The van der Waals surface area contributed by atoms with Gasteiger partial charge in [-0.3, -0.25) is 4.57 Å². The molecule has 0 saturated heterocycles. The average molecular weight is 625 g/mol. The molecule has 0 bridgehead atoms. The molecule has 4 nitrogen and oxygen atoms in total. The van der Waals surface area contributed by atoms with Crippen molar-refractivity contribution in [3.63, 3.8) is 0 Å². The van der Waals surface area contributed by atoms with Crippen LogP contribution in [0.1, 0.15) is 0 Å². The van der Waals surface area contributed by atoms with Gasteiger partial charge >= 0.3 is 0 Å². The SMILES string of the molecule is c1ccc(-c2nnc(-c3ccccc3)n2-c2ccc(-c3ccc4ccc5c(-c6ccc7ccccc7n6)ccc6ccc3c4c65)cc2)cc1. The lowest BCUT2D eigenvalue weighted by atomic mass is 9.88. The molecular formula is C45H28N4. The molecule has 8 aromatic carbocycles. The monoisotopic (exact) mass is 624 g/mol. The summed E-state index contributed by atoms with van der Waals surface area (Å²) in [7, 11) is 0. The van der Waals surface area contributed by atoms with Crippen molar-refractivity contribution in [2.24, 2.45) is 0 Å². The number of para-hydroxylation sites is 1. The van der Waals surface area contributed by atoms with Crippen LogP contribution in [-0.2, 0) is 0 Å². The fourth-order valence-electron chi connectivity index (χ4n) is 7.36. The predicted octanol–water partition coefficient (Wildman–Crippen LogP) is 11.4. The summed E-state index contributed by atoms with van der Waals surface area (Å²) in [6.07, 6.45) is 0. The Balaban J connectivity index is 1.12. The van der Waals surface area contributed by atoms with E-state index < -0.39 is 0 Å². The van der Waals surface area contributed by atoms with E-state index >= 15 is 0 Å². The van der Waals surface area contributed by atoms with Crippen molar-refractivity contribution < 1.29 is 0 Å². The number of fused-ring (bicyclic) bond motifs is 1. The van der Waals surface area contributed by atoms with Crippen molar-refractivity contribution in [1.82, 2.24) is 19.7 Å². The van der Waals surface area contributed by atoms with Gasteiger partial charge < -0.3 is 0 Å². The van der Waals surface area contributed by atoms with Gasteiger partial charge in [-0.1, -0.05) is 146 Å². The molecule has 0 N–H and O–H groups in total. The molecule has 0 radical (unpaired) electrons. The lowest BCUT2D eigenvalue weighted by Crippen LogP contribution is -2.00. The summed E-state index contributed by atoms with van der Waals surface area (Å²) in [4.78, 5) is 5.06. The molecule has 2 aromatic heterocycles. The van der Waals surface area contributed by atoms with Crippen molar-refractivity contribution in [3.05, 3.63) is 170 Å². The molecule has 0 spiro atoms. The summed E-state index contributed by atoms with van der Waals surface area (Å²) in [6, 6.07) is 59.9. The molecule has 0 aliphatic heterocycles. The van der Waals surface area contributed by atoms with Crippen LogP contribution in [-0.4, -0.2) is 19.7 Å². The number of nitrogens with zero attached hydrogens (tertiary/aromatic N) is 4. The van der Waals surface area contributed by atoms with Crippen LogP contribution in [0.25, 0.3) is 94.1 Å². The zero-order valence-electron chi connectivity index (χ0n) is 26.5. The molecule has 228 valence electrons. The smallest absolute Gasteiger partial charge is 0.168 e. The summed E-state index contributed by atoms with van der Waals surface area (Å²) in [5, 5.41) is 18.0. The molecule has 0 fully saturated rings. The Hall–Kier alpha value is -6.65. The summed E-state index contributed by atoms with van der Waals surface area (Å²) in [5.74, 6) is 1.62. The van der Waals surface area contributed by atoms with Crippen LogP contribution in [0.15, 0.2) is 170 Å². The summed E-state index contributed by atoms with van der Waals surface area (Å²) in [5.41, 5.74) is 8.57. The zero-order valence-corrected chi connectivity index (χ0v) is 26.5. The minimum atomic E-state index is 0.812. The zero-order chi connectivity index (χ0) is 32.3. The summed E-state index contributed by atoms with van der Waals surface area (Å²) < 4.78 is 2.15. The van der Waals surface area contributed by atoms with E-state index in [1.54, 1.807) is 0 Å². The van der Waals surface area contributed by atoms with E-state index in [2.05, 4.69) is 142 Å². The maximum Gasteiger partial charge on any atom is 0.168 e. The molecule has 10 aromatic rings. The number of rotatable bonds is 5. The van der Waals surface area contributed by atoms with Gasteiger partial charge in [0.25, 0.3) is 0 Å². The molecule has 0 amide bonds. The number of aromatic nitrogens is 4. The average Bonchev–Trinajstić information content (AvgIpc) is 3.63. The Morgan fingerprint density at radius 1 is 0.367 bits per heavy atom.